The predicted molar refractivity (Wildman–Crippen MR) is 156 cm³/mol. The molecule has 0 fully saturated rings. The number of hydrogen-bond donors (Lipinski definition) is 0. The van der Waals surface area contributed by atoms with E-state index in [4.69, 9.17) is 14.2 Å². The molecule has 0 saturated carbocycles. The van der Waals surface area contributed by atoms with E-state index < -0.39 is 22.5 Å². The van der Waals surface area contributed by atoms with Gasteiger partial charge in [-0.1, -0.05) is 56.0 Å². The Bertz CT molecular complexity index is 1700. The van der Waals surface area contributed by atoms with Crippen LogP contribution in [0.1, 0.15) is 44.4 Å². The van der Waals surface area contributed by atoms with Gasteiger partial charge in [0.2, 0.25) is 0 Å². The minimum Gasteiger partial charge on any atom is -0.493 e. The number of non-ortho nitro benzene ring substituents is 1. The molecule has 11 heteroatoms. The molecule has 4 rings (SSSR count). The summed E-state index contributed by atoms with van der Waals surface area (Å²) in [5.74, 6) is 0.852. The number of carbonyl (C=O) groups excluding carboxylic acids is 1. The molecule has 1 aliphatic rings. The molecule has 0 spiro atoms. The summed E-state index contributed by atoms with van der Waals surface area (Å²) in [7, 11) is 1.53. The van der Waals surface area contributed by atoms with E-state index in [0.717, 1.165) is 17.8 Å². The SMILES string of the molecule is C=CCOC(=O)C1=C(C)N=c2s/c(=C\c3cccc([N+](=O)[O-])c3)c(=O)n2C1c1ccc(OCCC(C)C)c(OC)c1. The Morgan fingerprint density at radius 1 is 1.24 bits per heavy atom. The van der Waals surface area contributed by atoms with Gasteiger partial charge in [0.15, 0.2) is 16.3 Å². The highest BCUT2D eigenvalue weighted by Gasteiger charge is 2.34. The Morgan fingerprint density at radius 2 is 2.02 bits per heavy atom. The fraction of sp³-hybridized carbons (Fsp3) is 0.300. The average molecular weight is 578 g/mol. The Kier molecular flexibility index (Phi) is 9.18. The number of nitro groups is 1. The monoisotopic (exact) mass is 577 g/mol. The number of fused-ring (bicyclic) bond motifs is 1. The maximum atomic E-state index is 13.8. The number of esters is 1. The van der Waals surface area contributed by atoms with E-state index in [1.165, 1.54) is 29.9 Å². The van der Waals surface area contributed by atoms with Gasteiger partial charge in [-0.3, -0.25) is 19.5 Å². The summed E-state index contributed by atoms with van der Waals surface area (Å²) in [5.41, 5.74) is 1.21. The van der Waals surface area contributed by atoms with Crippen LogP contribution in [0, 0.1) is 16.0 Å². The Labute approximate surface area is 240 Å². The molecule has 0 bridgehead atoms. The molecule has 0 aliphatic carbocycles. The fourth-order valence-electron chi connectivity index (χ4n) is 4.37. The number of rotatable bonds is 11. The predicted octanol–water partition coefficient (Wildman–Crippen LogP) is 4.31. The zero-order valence-electron chi connectivity index (χ0n) is 23.3. The number of nitro benzene ring substituents is 1. The molecular formula is C30H31N3O7S. The molecule has 214 valence electrons. The average Bonchev–Trinajstić information content (AvgIpc) is 3.24. The molecule has 0 radical (unpaired) electrons. The number of methoxy groups -OCH3 is 1. The third-order valence-corrected chi connectivity index (χ3v) is 7.39. The molecule has 1 aliphatic heterocycles. The molecule has 0 amide bonds. The molecule has 1 atom stereocenters. The molecule has 0 saturated heterocycles. The van der Waals surface area contributed by atoms with Gasteiger partial charge in [-0.25, -0.2) is 9.79 Å². The third kappa shape index (κ3) is 6.46. The van der Waals surface area contributed by atoms with Crippen LogP contribution >= 0.6 is 11.3 Å². The lowest BCUT2D eigenvalue weighted by Gasteiger charge is -2.25. The second-order valence-corrected chi connectivity index (χ2v) is 10.8. The minimum absolute atomic E-state index is 0.00844. The van der Waals surface area contributed by atoms with E-state index in [1.807, 2.05) is 0 Å². The highest BCUT2D eigenvalue weighted by atomic mass is 32.1. The first-order valence-corrected chi connectivity index (χ1v) is 13.8. The Hall–Kier alpha value is -4.51. The van der Waals surface area contributed by atoms with Gasteiger partial charge in [-0.05, 0) is 48.6 Å². The van der Waals surface area contributed by atoms with E-state index in [1.54, 1.807) is 43.3 Å². The summed E-state index contributed by atoms with van der Waals surface area (Å²) in [4.78, 5) is 42.8. The number of carbonyl (C=O) groups is 1. The van der Waals surface area contributed by atoms with Crippen LogP contribution in [0.25, 0.3) is 6.08 Å². The van der Waals surface area contributed by atoms with Crippen molar-refractivity contribution in [3.63, 3.8) is 0 Å². The number of aromatic nitrogens is 1. The first-order valence-electron chi connectivity index (χ1n) is 13.0. The fourth-order valence-corrected chi connectivity index (χ4v) is 5.41. The van der Waals surface area contributed by atoms with Crippen LogP contribution in [0.15, 0.2) is 76.2 Å². The largest absolute Gasteiger partial charge is 0.493 e. The van der Waals surface area contributed by atoms with E-state index in [9.17, 15) is 19.7 Å². The lowest BCUT2D eigenvalue weighted by atomic mass is 9.95. The zero-order chi connectivity index (χ0) is 29.7. The summed E-state index contributed by atoms with van der Waals surface area (Å²) in [6.45, 7) is 10.0. The smallest absolute Gasteiger partial charge is 0.338 e. The van der Waals surface area contributed by atoms with E-state index in [2.05, 4.69) is 25.4 Å². The summed E-state index contributed by atoms with van der Waals surface area (Å²) < 4.78 is 18.7. The van der Waals surface area contributed by atoms with Crippen molar-refractivity contribution in [2.45, 2.75) is 33.2 Å². The van der Waals surface area contributed by atoms with E-state index in [-0.39, 0.29) is 17.9 Å². The van der Waals surface area contributed by atoms with Gasteiger partial charge >= 0.3 is 5.97 Å². The van der Waals surface area contributed by atoms with Gasteiger partial charge in [-0.2, -0.15) is 0 Å². The van der Waals surface area contributed by atoms with Crippen LogP contribution in [0.5, 0.6) is 11.5 Å². The van der Waals surface area contributed by atoms with Crippen LogP contribution in [0.4, 0.5) is 5.69 Å². The molecule has 1 unspecified atom stereocenters. The van der Waals surface area contributed by atoms with E-state index in [0.29, 0.717) is 50.2 Å². The number of allylic oxidation sites excluding steroid dienone is 1. The van der Waals surface area contributed by atoms with Crippen molar-refractivity contribution >= 4 is 29.1 Å². The standard InChI is InChI=1S/C30H31N3O7S/c1-6-13-40-29(35)26-19(4)31-30-32(28(34)25(41-30)16-20-8-7-9-22(15-20)33(36)37)27(26)21-10-11-23(24(17-21)38-5)39-14-12-18(2)3/h6-11,15-18,27H,1,12-14H2,2-5H3/b25-16-. The lowest BCUT2D eigenvalue weighted by molar-refractivity contribution is -0.384. The highest BCUT2D eigenvalue weighted by molar-refractivity contribution is 7.07. The second kappa shape index (κ2) is 12.8. The van der Waals surface area contributed by atoms with Crippen molar-refractivity contribution in [3.8, 4) is 11.5 Å². The molecule has 10 nitrogen and oxygen atoms in total. The van der Waals surface area contributed by atoms with Crippen molar-refractivity contribution in [3.05, 3.63) is 107 Å². The van der Waals surface area contributed by atoms with Crippen molar-refractivity contribution in [1.82, 2.24) is 4.57 Å². The maximum Gasteiger partial charge on any atom is 0.338 e. The summed E-state index contributed by atoms with van der Waals surface area (Å²) in [6.07, 6.45) is 3.91. The van der Waals surface area contributed by atoms with Gasteiger partial charge < -0.3 is 14.2 Å². The lowest BCUT2D eigenvalue weighted by Crippen LogP contribution is -2.40. The molecule has 0 N–H and O–H groups in total. The quantitative estimate of drug-likeness (QED) is 0.144. The topological polar surface area (TPSA) is 122 Å². The number of nitrogens with zero attached hydrogens (tertiary/aromatic N) is 3. The number of hydrogen-bond acceptors (Lipinski definition) is 9. The molecule has 2 aromatic carbocycles. The first kappa shape index (κ1) is 29.5. The van der Waals surface area contributed by atoms with Crippen molar-refractivity contribution in [2.75, 3.05) is 20.3 Å². The minimum atomic E-state index is -0.866. The molecule has 2 heterocycles. The number of benzene rings is 2. The van der Waals surface area contributed by atoms with Crippen LogP contribution in [-0.4, -0.2) is 35.8 Å². The third-order valence-electron chi connectivity index (χ3n) is 6.41. The first-order chi connectivity index (χ1) is 19.6. The number of thiazole rings is 1. The molecule has 1 aromatic heterocycles. The maximum absolute atomic E-state index is 13.8. The van der Waals surface area contributed by atoms with Crippen LogP contribution in [0.2, 0.25) is 0 Å². The normalized spacial score (nSPS) is 14.9. The summed E-state index contributed by atoms with van der Waals surface area (Å²) in [6, 6.07) is 10.4. The van der Waals surface area contributed by atoms with Gasteiger partial charge in [0, 0.05) is 12.1 Å². The Morgan fingerprint density at radius 3 is 2.71 bits per heavy atom. The second-order valence-electron chi connectivity index (χ2n) is 9.76. The van der Waals surface area contributed by atoms with Crippen LogP contribution in [0.3, 0.4) is 0 Å². The highest BCUT2D eigenvalue weighted by Crippen LogP contribution is 2.36. The van der Waals surface area contributed by atoms with Gasteiger partial charge in [0.05, 0.1) is 40.5 Å². The van der Waals surface area contributed by atoms with Gasteiger partial charge in [0.25, 0.3) is 11.2 Å². The van der Waals surface area contributed by atoms with Crippen molar-refractivity contribution < 1.29 is 23.9 Å². The van der Waals surface area contributed by atoms with Gasteiger partial charge in [-0.15, -0.1) is 0 Å². The van der Waals surface area contributed by atoms with Crippen molar-refractivity contribution in [1.29, 1.82) is 0 Å². The van der Waals surface area contributed by atoms with Crippen LogP contribution < -0.4 is 24.4 Å². The number of ether oxygens (including phenoxy) is 3. The Balaban J connectivity index is 1.87. The molecular weight excluding hydrogens is 546 g/mol. The van der Waals surface area contributed by atoms with Crippen LogP contribution in [-0.2, 0) is 9.53 Å². The molecule has 41 heavy (non-hydrogen) atoms. The molecule has 3 aromatic rings. The van der Waals surface area contributed by atoms with Crippen molar-refractivity contribution in [2.24, 2.45) is 10.9 Å². The summed E-state index contributed by atoms with van der Waals surface area (Å²) >= 11 is 1.13. The summed E-state index contributed by atoms with van der Waals surface area (Å²) in [5, 5.41) is 11.2. The van der Waals surface area contributed by atoms with Gasteiger partial charge in [0.1, 0.15) is 6.61 Å². The van der Waals surface area contributed by atoms with E-state index >= 15 is 0 Å². The zero-order valence-corrected chi connectivity index (χ0v) is 24.1.